The van der Waals surface area contributed by atoms with E-state index in [0.717, 1.165) is 16.2 Å². The smallest absolute Gasteiger partial charge is 0.420 e. The van der Waals surface area contributed by atoms with Crippen molar-refractivity contribution in [3.63, 3.8) is 0 Å². The van der Waals surface area contributed by atoms with Crippen LogP contribution in [0.4, 0.5) is 0 Å². The molecule has 4 aromatic rings. The molecule has 0 radical (unpaired) electrons. The summed E-state index contributed by atoms with van der Waals surface area (Å²) in [6.45, 7) is -0.224. The van der Waals surface area contributed by atoms with Crippen LogP contribution < -0.4 is 15.2 Å². The van der Waals surface area contributed by atoms with Gasteiger partial charge in [0.2, 0.25) is 0 Å². The average molecular weight is 498 g/mol. The van der Waals surface area contributed by atoms with Crippen LogP contribution in [0, 0.1) is 0 Å². The van der Waals surface area contributed by atoms with Gasteiger partial charge in [-0.3, -0.25) is 9.36 Å². The molecule has 2 aromatic carbocycles. The van der Waals surface area contributed by atoms with Crippen LogP contribution in [0.1, 0.15) is 22.9 Å². The van der Waals surface area contributed by atoms with Crippen molar-refractivity contribution in [2.45, 2.75) is 19.0 Å². The predicted octanol–water partition coefficient (Wildman–Crippen LogP) is 4.70. The lowest BCUT2D eigenvalue weighted by Crippen LogP contribution is -2.32. The molecule has 2 aromatic heterocycles. The molecule has 0 aliphatic carbocycles. The summed E-state index contributed by atoms with van der Waals surface area (Å²) in [5.74, 6) is 0.184. The Labute approximate surface area is 203 Å². The monoisotopic (exact) mass is 497 g/mol. The van der Waals surface area contributed by atoms with Gasteiger partial charge in [0.25, 0.3) is 5.91 Å². The van der Waals surface area contributed by atoms with E-state index >= 15 is 0 Å². The van der Waals surface area contributed by atoms with E-state index in [4.69, 9.17) is 25.5 Å². The number of halogens is 1. The Morgan fingerprint density at radius 3 is 2.74 bits per heavy atom. The molecule has 0 unspecified atom stereocenters. The second-order valence-electron chi connectivity index (χ2n) is 7.66. The lowest BCUT2D eigenvalue weighted by molar-refractivity contribution is -0.133. The molecule has 0 N–H and O–H groups in total. The molecular formula is C24H20ClN3O5S. The molecule has 3 heterocycles. The summed E-state index contributed by atoms with van der Waals surface area (Å²) in [6, 6.07) is 13.9. The van der Waals surface area contributed by atoms with Gasteiger partial charge in [-0.1, -0.05) is 23.7 Å². The fourth-order valence-corrected chi connectivity index (χ4v) is 4.93. The van der Waals surface area contributed by atoms with E-state index in [1.807, 2.05) is 29.6 Å². The van der Waals surface area contributed by atoms with E-state index in [1.54, 1.807) is 49.8 Å². The normalized spacial score (nSPS) is 15.6. The number of ether oxygens (including phenoxy) is 2. The molecule has 10 heteroatoms. The van der Waals surface area contributed by atoms with Gasteiger partial charge in [0.15, 0.2) is 17.1 Å². The van der Waals surface area contributed by atoms with Crippen molar-refractivity contribution >= 4 is 45.7 Å². The zero-order valence-corrected chi connectivity index (χ0v) is 19.9. The first-order chi connectivity index (χ1) is 16.5. The van der Waals surface area contributed by atoms with Crippen LogP contribution in [0.15, 0.2) is 68.2 Å². The van der Waals surface area contributed by atoms with Gasteiger partial charge in [-0.15, -0.1) is 11.3 Å². The van der Waals surface area contributed by atoms with E-state index in [-0.39, 0.29) is 18.5 Å². The molecule has 8 nitrogen and oxygen atoms in total. The van der Waals surface area contributed by atoms with Crippen LogP contribution in [0.25, 0.3) is 11.1 Å². The molecule has 0 spiro atoms. The number of fused-ring (bicyclic) bond motifs is 1. The third-order valence-corrected chi connectivity index (χ3v) is 6.84. The van der Waals surface area contributed by atoms with Crippen molar-refractivity contribution < 1.29 is 18.7 Å². The van der Waals surface area contributed by atoms with Gasteiger partial charge in [0.1, 0.15) is 6.54 Å². The maximum absolute atomic E-state index is 13.5. The summed E-state index contributed by atoms with van der Waals surface area (Å²) >= 11 is 7.57. The minimum Gasteiger partial charge on any atom is -0.493 e. The first kappa shape index (κ1) is 22.2. The molecule has 0 saturated carbocycles. The van der Waals surface area contributed by atoms with Gasteiger partial charge >= 0.3 is 5.76 Å². The Morgan fingerprint density at radius 1 is 1.18 bits per heavy atom. The molecule has 0 fully saturated rings. The van der Waals surface area contributed by atoms with E-state index in [2.05, 4.69) is 5.10 Å². The van der Waals surface area contributed by atoms with Gasteiger partial charge in [-0.25, -0.2) is 9.80 Å². The van der Waals surface area contributed by atoms with Crippen LogP contribution in [-0.2, 0) is 11.3 Å². The van der Waals surface area contributed by atoms with Crippen LogP contribution in [0.2, 0.25) is 5.02 Å². The number of rotatable bonds is 6. The average Bonchev–Trinajstić information content (AvgIpc) is 3.57. The van der Waals surface area contributed by atoms with E-state index < -0.39 is 5.76 Å². The number of hydrazone groups is 1. The van der Waals surface area contributed by atoms with Crippen molar-refractivity contribution in [2.24, 2.45) is 5.10 Å². The van der Waals surface area contributed by atoms with Gasteiger partial charge in [-0.2, -0.15) is 5.10 Å². The van der Waals surface area contributed by atoms with E-state index in [1.165, 1.54) is 9.58 Å². The number of aromatic nitrogens is 1. The number of carbonyl (C=O) groups is 1. The minimum absolute atomic E-state index is 0.224. The first-order valence-electron chi connectivity index (χ1n) is 10.4. The Morgan fingerprint density at radius 2 is 2.00 bits per heavy atom. The standard InChI is InChI=1S/C24H20ClN3O5S/c1-31-19-8-5-14(10-21(19)32-2)18-12-16(22-4-3-9-34-22)26-28(18)23(29)13-27-17-7-6-15(25)11-20(17)33-24(27)30/h3-11,18H,12-13H2,1-2H3/t18-/m0/s1. The molecule has 0 bridgehead atoms. The van der Waals surface area contributed by atoms with Crippen molar-refractivity contribution in [3.05, 3.63) is 79.9 Å². The summed E-state index contributed by atoms with van der Waals surface area (Å²) in [6.07, 6.45) is 0.526. The van der Waals surface area contributed by atoms with Crippen molar-refractivity contribution in [1.82, 2.24) is 9.58 Å². The Balaban J connectivity index is 1.52. The van der Waals surface area contributed by atoms with Gasteiger partial charge in [0, 0.05) is 17.5 Å². The number of thiophene rings is 1. The molecule has 5 rings (SSSR count). The summed E-state index contributed by atoms with van der Waals surface area (Å²) in [5, 5.41) is 8.52. The van der Waals surface area contributed by atoms with Gasteiger partial charge < -0.3 is 13.9 Å². The molecule has 174 valence electrons. The first-order valence-corrected chi connectivity index (χ1v) is 11.7. The Bertz CT molecular complexity index is 1460. The highest BCUT2D eigenvalue weighted by Crippen LogP contribution is 2.38. The number of methoxy groups -OCH3 is 2. The fourth-order valence-electron chi connectivity index (χ4n) is 4.05. The lowest BCUT2D eigenvalue weighted by atomic mass is 10.0. The quantitative estimate of drug-likeness (QED) is 0.385. The number of carbonyl (C=O) groups excluding carboxylic acids is 1. The van der Waals surface area contributed by atoms with Crippen LogP contribution in [-0.4, -0.2) is 35.4 Å². The van der Waals surface area contributed by atoms with Crippen LogP contribution >= 0.6 is 22.9 Å². The van der Waals surface area contributed by atoms with Crippen LogP contribution in [0.5, 0.6) is 11.5 Å². The third-order valence-electron chi connectivity index (χ3n) is 5.69. The highest BCUT2D eigenvalue weighted by Gasteiger charge is 2.34. The zero-order chi connectivity index (χ0) is 23.8. The van der Waals surface area contributed by atoms with Gasteiger partial charge in [0.05, 0.1) is 36.4 Å². The summed E-state index contributed by atoms with van der Waals surface area (Å²) < 4.78 is 17.4. The van der Waals surface area contributed by atoms with Crippen LogP contribution in [0.3, 0.4) is 0 Å². The molecule has 1 aliphatic heterocycles. The number of amides is 1. The lowest BCUT2D eigenvalue weighted by Gasteiger charge is -2.23. The molecule has 1 aliphatic rings. The zero-order valence-electron chi connectivity index (χ0n) is 18.4. The highest BCUT2D eigenvalue weighted by molar-refractivity contribution is 7.12. The maximum Gasteiger partial charge on any atom is 0.420 e. The third kappa shape index (κ3) is 3.97. The minimum atomic E-state index is -0.630. The van der Waals surface area contributed by atoms with Crippen molar-refractivity contribution in [2.75, 3.05) is 14.2 Å². The summed E-state index contributed by atoms with van der Waals surface area (Å²) in [7, 11) is 3.14. The number of nitrogens with zero attached hydrogens (tertiary/aromatic N) is 3. The molecule has 0 saturated heterocycles. The largest absolute Gasteiger partial charge is 0.493 e. The summed E-state index contributed by atoms with van der Waals surface area (Å²) in [5.41, 5.74) is 2.47. The number of hydrogen-bond donors (Lipinski definition) is 0. The topological polar surface area (TPSA) is 86.3 Å². The van der Waals surface area contributed by atoms with Gasteiger partial charge in [-0.05, 0) is 41.3 Å². The van der Waals surface area contributed by atoms with E-state index in [0.29, 0.717) is 34.0 Å². The van der Waals surface area contributed by atoms with Crippen molar-refractivity contribution in [1.29, 1.82) is 0 Å². The number of hydrogen-bond acceptors (Lipinski definition) is 7. The Kier molecular flexibility index (Phi) is 5.89. The molecule has 34 heavy (non-hydrogen) atoms. The summed E-state index contributed by atoms with van der Waals surface area (Å²) in [4.78, 5) is 27.0. The fraction of sp³-hybridized carbons (Fsp3) is 0.208. The number of oxazole rings is 1. The predicted molar refractivity (Wildman–Crippen MR) is 130 cm³/mol. The Hall–Kier alpha value is -3.56. The maximum atomic E-state index is 13.5. The molecule has 1 atom stereocenters. The second-order valence-corrected chi connectivity index (χ2v) is 9.05. The highest BCUT2D eigenvalue weighted by atomic mass is 35.5. The SMILES string of the molecule is COc1ccc([C@@H]2CC(c3cccs3)=NN2C(=O)Cn2c(=O)oc3cc(Cl)ccc32)cc1OC. The molecular weight excluding hydrogens is 478 g/mol. The van der Waals surface area contributed by atoms with Crippen molar-refractivity contribution in [3.8, 4) is 11.5 Å². The van der Waals surface area contributed by atoms with E-state index in [9.17, 15) is 9.59 Å². The number of benzene rings is 2. The molecule has 1 amide bonds. The second kappa shape index (κ2) is 9.00.